The second-order valence-corrected chi connectivity index (χ2v) is 5.18. The van der Waals surface area contributed by atoms with Crippen LogP contribution in [-0.4, -0.2) is 32.4 Å². The SMILES string of the molecule is COc1ccc(C2=C(C)C3CCOC3(OC)C2=O)cc1. The second kappa shape index (κ2) is 4.72. The average molecular weight is 274 g/mol. The Morgan fingerprint density at radius 1 is 1.25 bits per heavy atom. The monoisotopic (exact) mass is 274 g/mol. The number of hydrogen-bond acceptors (Lipinski definition) is 4. The molecule has 0 saturated carbocycles. The number of Topliss-reactive ketones (excluding diaryl/α,β-unsaturated/α-hetero) is 1. The van der Waals surface area contributed by atoms with E-state index in [1.807, 2.05) is 31.2 Å². The van der Waals surface area contributed by atoms with Crippen LogP contribution < -0.4 is 4.74 Å². The summed E-state index contributed by atoms with van der Waals surface area (Å²) in [5, 5.41) is 0. The summed E-state index contributed by atoms with van der Waals surface area (Å²) in [6.07, 6.45) is 0.824. The molecule has 0 amide bonds. The van der Waals surface area contributed by atoms with E-state index in [2.05, 4.69) is 0 Å². The van der Waals surface area contributed by atoms with Gasteiger partial charge in [0, 0.05) is 18.6 Å². The number of rotatable bonds is 3. The molecule has 1 saturated heterocycles. The van der Waals surface area contributed by atoms with E-state index in [0.29, 0.717) is 6.61 Å². The Labute approximate surface area is 118 Å². The molecule has 1 aromatic carbocycles. The highest BCUT2D eigenvalue weighted by Crippen LogP contribution is 2.49. The largest absolute Gasteiger partial charge is 0.497 e. The number of ketones is 1. The summed E-state index contributed by atoms with van der Waals surface area (Å²) in [5.74, 6) is -0.364. The van der Waals surface area contributed by atoms with Crippen molar-refractivity contribution >= 4 is 11.4 Å². The Morgan fingerprint density at radius 3 is 2.50 bits per heavy atom. The smallest absolute Gasteiger partial charge is 0.240 e. The van der Waals surface area contributed by atoms with Crippen molar-refractivity contribution < 1.29 is 19.0 Å². The maximum atomic E-state index is 12.8. The fraction of sp³-hybridized carbons (Fsp3) is 0.438. The normalized spacial score (nSPS) is 28.9. The van der Waals surface area contributed by atoms with Gasteiger partial charge in [0.25, 0.3) is 0 Å². The van der Waals surface area contributed by atoms with E-state index in [1.54, 1.807) is 14.2 Å². The number of methoxy groups -OCH3 is 2. The van der Waals surface area contributed by atoms with Crippen molar-refractivity contribution in [2.45, 2.75) is 19.1 Å². The number of carbonyl (C=O) groups excluding carboxylic acids is 1. The molecule has 0 aromatic heterocycles. The van der Waals surface area contributed by atoms with Gasteiger partial charge in [0.15, 0.2) is 0 Å². The first-order chi connectivity index (χ1) is 9.64. The highest BCUT2D eigenvalue weighted by molar-refractivity contribution is 6.27. The molecule has 0 spiro atoms. The van der Waals surface area contributed by atoms with Gasteiger partial charge in [-0.1, -0.05) is 17.7 Å². The standard InChI is InChI=1S/C16H18O4/c1-10-13-8-9-20-16(13,19-3)15(17)14(10)11-4-6-12(18-2)7-5-11/h4-7,13H,8-9H2,1-3H3. The maximum absolute atomic E-state index is 12.8. The van der Waals surface area contributed by atoms with Crippen LogP contribution in [0.25, 0.3) is 5.57 Å². The third-order valence-corrected chi connectivity index (χ3v) is 4.32. The summed E-state index contributed by atoms with van der Waals surface area (Å²) in [7, 11) is 3.17. The van der Waals surface area contributed by atoms with Crippen LogP contribution in [0.15, 0.2) is 29.8 Å². The van der Waals surface area contributed by atoms with E-state index in [1.165, 1.54) is 0 Å². The number of carbonyl (C=O) groups is 1. The molecular weight excluding hydrogens is 256 g/mol. The lowest BCUT2D eigenvalue weighted by atomic mass is 9.96. The topological polar surface area (TPSA) is 44.8 Å². The van der Waals surface area contributed by atoms with Gasteiger partial charge >= 0.3 is 0 Å². The highest BCUT2D eigenvalue weighted by Gasteiger charge is 2.58. The molecule has 2 unspecified atom stereocenters. The molecule has 0 bridgehead atoms. The van der Waals surface area contributed by atoms with Crippen molar-refractivity contribution in [2.75, 3.05) is 20.8 Å². The molecule has 0 N–H and O–H groups in total. The zero-order valence-electron chi connectivity index (χ0n) is 11.9. The van der Waals surface area contributed by atoms with Crippen LogP contribution in [0.2, 0.25) is 0 Å². The van der Waals surface area contributed by atoms with Gasteiger partial charge in [0.05, 0.1) is 13.7 Å². The van der Waals surface area contributed by atoms with Crippen LogP contribution in [0, 0.1) is 5.92 Å². The molecule has 1 aliphatic carbocycles. The van der Waals surface area contributed by atoms with Crippen LogP contribution in [0.3, 0.4) is 0 Å². The molecule has 1 fully saturated rings. The maximum Gasteiger partial charge on any atom is 0.240 e. The van der Waals surface area contributed by atoms with Crippen LogP contribution >= 0.6 is 0 Å². The summed E-state index contributed by atoms with van der Waals surface area (Å²) < 4.78 is 16.3. The van der Waals surface area contributed by atoms with Crippen LogP contribution in [0.4, 0.5) is 0 Å². The van der Waals surface area contributed by atoms with Gasteiger partial charge in [-0.15, -0.1) is 0 Å². The number of hydrogen-bond donors (Lipinski definition) is 0. The third-order valence-electron chi connectivity index (χ3n) is 4.32. The van der Waals surface area contributed by atoms with Gasteiger partial charge in [0.2, 0.25) is 11.6 Å². The van der Waals surface area contributed by atoms with Gasteiger partial charge in [0.1, 0.15) is 5.75 Å². The lowest BCUT2D eigenvalue weighted by Crippen LogP contribution is -2.42. The lowest BCUT2D eigenvalue weighted by molar-refractivity contribution is -0.200. The number of ether oxygens (including phenoxy) is 3. The third kappa shape index (κ3) is 1.65. The molecule has 1 heterocycles. The Morgan fingerprint density at radius 2 is 1.95 bits per heavy atom. The molecule has 106 valence electrons. The predicted molar refractivity (Wildman–Crippen MR) is 74.4 cm³/mol. The van der Waals surface area contributed by atoms with E-state index >= 15 is 0 Å². The second-order valence-electron chi connectivity index (χ2n) is 5.18. The first-order valence-electron chi connectivity index (χ1n) is 6.73. The zero-order valence-corrected chi connectivity index (χ0v) is 11.9. The van der Waals surface area contributed by atoms with E-state index in [-0.39, 0.29) is 11.7 Å². The molecular formula is C16H18O4. The lowest BCUT2D eigenvalue weighted by Gasteiger charge is -2.25. The average Bonchev–Trinajstić information content (AvgIpc) is 3.00. The molecule has 0 radical (unpaired) electrons. The molecule has 3 rings (SSSR count). The summed E-state index contributed by atoms with van der Waals surface area (Å²) in [4.78, 5) is 12.8. The summed E-state index contributed by atoms with van der Waals surface area (Å²) in [6.45, 7) is 2.56. The van der Waals surface area contributed by atoms with Crippen molar-refractivity contribution in [3.63, 3.8) is 0 Å². The van der Waals surface area contributed by atoms with Crippen LogP contribution in [0.5, 0.6) is 5.75 Å². The first-order valence-corrected chi connectivity index (χ1v) is 6.73. The minimum absolute atomic E-state index is 0.0251. The highest BCUT2D eigenvalue weighted by atomic mass is 16.7. The van der Waals surface area contributed by atoms with Gasteiger partial charge in [-0.2, -0.15) is 0 Å². The summed E-state index contributed by atoms with van der Waals surface area (Å²) in [6, 6.07) is 7.52. The number of benzene rings is 1. The quantitative estimate of drug-likeness (QED) is 0.849. The minimum Gasteiger partial charge on any atom is -0.497 e. The van der Waals surface area contributed by atoms with Gasteiger partial charge in [-0.3, -0.25) is 4.79 Å². The Balaban J connectivity index is 2.04. The molecule has 2 aliphatic rings. The summed E-state index contributed by atoms with van der Waals surface area (Å²) in [5.41, 5.74) is 2.67. The van der Waals surface area contributed by atoms with Crippen LogP contribution in [-0.2, 0) is 14.3 Å². The predicted octanol–water partition coefficient (Wildman–Crippen LogP) is 2.43. The molecule has 1 aromatic rings. The Kier molecular flexibility index (Phi) is 3.15. The Hall–Kier alpha value is -1.65. The minimum atomic E-state index is -1.10. The van der Waals surface area contributed by atoms with Crippen LogP contribution in [0.1, 0.15) is 18.9 Å². The molecule has 2 atom stereocenters. The molecule has 4 nitrogen and oxygen atoms in total. The Bertz CT molecular complexity index is 573. The van der Waals surface area contributed by atoms with E-state index in [0.717, 1.165) is 28.9 Å². The van der Waals surface area contributed by atoms with E-state index in [9.17, 15) is 4.79 Å². The van der Waals surface area contributed by atoms with Crippen molar-refractivity contribution in [3.05, 3.63) is 35.4 Å². The molecule has 20 heavy (non-hydrogen) atoms. The van der Waals surface area contributed by atoms with Crippen molar-refractivity contribution in [1.82, 2.24) is 0 Å². The van der Waals surface area contributed by atoms with Crippen molar-refractivity contribution in [3.8, 4) is 5.75 Å². The zero-order chi connectivity index (χ0) is 14.3. The number of fused-ring (bicyclic) bond motifs is 1. The van der Waals surface area contributed by atoms with E-state index < -0.39 is 5.79 Å². The van der Waals surface area contributed by atoms with Gasteiger partial charge < -0.3 is 14.2 Å². The van der Waals surface area contributed by atoms with Crippen molar-refractivity contribution in [1.29, 1.82) is 0 Å². The first kappa shape index (κ1) is 13.3. The summed E-state index contributed by atoms with van der Waals surface area (Å²) >= 11 is 0. The fourth-order valence-electron chi connectivity index (χ4n) is 3.28. The van der Waals surface area contributed by atoms with Gasteiger partial charge in [-0.25, -0.2) is 0 Å². The molecule has 4 heteroatoms. The fourth-order valence-corrected chi connectivity index (χ4v) is 3.28. The van der Waals surface area contributed by atoms with Gasteiger partial charge in [-0.05, 0) is 31.0 Å². The molecule has 1 aliphatic heterocycles. The van der Waals surface area contributed by atoms with Crippen molar-refractivity contribution in [2.24, 2.45) is 5.92 Å². The van der Waals surface area contributed by atoms with E-state index in [4.69, 9.17) is 14.2 Å².